The van der Waals surface area contributed by atoms with Crippen molar-refractivity contribution >= 4 is 23.8 Å². The molecule has 0 unspecified atom stereocenters. The largest absolute Gasteiger partial charge is 0.308 e. The van der Waals surface area contributed by atoms with Gasteiger partial charge >= 0.3 is 0 Å². The molecule has 1 fully saturated rings. The van der Waals surface area contributed by atoms with Crippen LogP contribution in [0, 0.1) is 0 Å². The predicted octanol–water partition coefficient (Wildman–Crippen LogP) is 3.11. The van der Waals surface area contributed by atoms with Crippen molar-refractivity contribution in [2.24, 2.45) is 0 Å². The summed E-state index contributed by atoms with van der Waals surface area (Å²) < 4.78 is 0. The normalized spacial score (nSPS) is 22.0. The average Bonchev–Trinajstić information content (AvgIpc) is 2.92. The van der Waals surface area contributed by atoms with E-state index in [4.69, 9.17) is 0 Å². The second-order valence-corrected chi connectivity index (χ2v) is 6.64. The van der Waals surface area contributed by atoms with Gasteiger partial charge in [0.15, 0.2) is 0 Å². The molecule has 2 aliphatic rings. The van der Waals surface area contributed by atoms with Crippen LogP contribution in [0.5, 0.6) is 0 Å². The molecule has 0 radical (unpaired) electrons. The molecule has 2 heterocycles. The third-order valence-corrected chi connectivity index (χ3v) is 5.07. The van der Waals surface area contributed by atoms with E-state index in [9.17, 15) is 14.4 Å². The van der Waals surface area contributed by atoms with Crippen molar-refractivity contribution in [1.29, 1.82) is 0 Å². The highest BCUT2D eigenvalue weighted by Crippen LogP contribution is 2.36. The van der Waals surface area contributed by atoms with Crippen molar-refractivity contribution in [3.05, 3.63) is 89.6 Å². The van der Waals surface area contributed by atoms with Crippen molar-refractivity contribution in [2.45, 2.75) is 19.0 Å². The van der Waals surface area contributed by atoms with Crippen LogP contribution in [0.3, 0.4) is 0 Å². The van der Waals surface area contributed by atoms with E-state index in [0.29, 0.717) is 11.1 Å². The quantitative estimate of drug-likeness (QED) is 0.623. The molecule has 0 aliphatic carbocycles. The fourth-order valence-corrected chi connectivity index (χ4v) is 3.78. The molecular formula is C22H18N2O3. The highest BCUT2D eigenvalue weighted by Gasteiger charge is 2.55. The molecule has 0 bridgehead atoms. The summed E-state index contributed by atoms with van der Waals surface area (Å²) in [6, 6.07) is 15.1. The van der Waals surface area contributed by atoms with Gasteiger partial charge < -0.3 is 4.90 Å². The maximum atomic E-state index is 12.8. The van der Waals surface area contributed by atoms with Crippen LogP contribution >= 0.6 is 0 Å². The molecule has 2 aromatic rings. The van der Waals surface area contributed by atoms with E-state index < -0.39 is 23.9 Å². The van der Waals surface area contributed by atoms with Crippen LogP contribution in [0.4, 0.5) is 0 Å². The molecule has 2 aromatic carbocycles. The molecule has 2 atom stereocenters. The summed E-state index contributed by atoms with van der Waals surface area (Å²) in [5.41, 5.74) is 2.55. The second-order valence-electron chi connectivity index (χ2n) is 6.64. The number of likely N-dealkylation sites (tertiary alicyclic amines) is 1. The minimum absolute atomic E-state index is 0.301. The molecule has 5 heteroatoms. The molecule has 134 valence electrons. The lowest BCUT2D eigenvalue weighted by atomic mass is 9.87. The molecule has 1 saturated heterocycles. The van der Waals surface area contributed by atoms with Crippen molar-refractivity contribution in [3.63, 3.8) is 0 Å². The third kappa shape index (κ3) is 2.51. The summed E-state index contributed by atoms with van der Waals surface area (Å²) in [5, 5.41) is 0. The van der Waals surface area contributed by atoms with Gasteiger partial charge in [0, 0.05) is 6.20 Å². The van der Waals surface area contributed by atoms with Crippen molar-refractivity contribution in [3.8, 4) is 0 Å². The van der Waals surface area contributed by atoms with Gasteiger partial charge in [-0.2, -0.15) is 0 Å². The van der Waals surface area contributed by atoms with Crippen LogP contribution in [0.2, 0.25) is 0 Å². The minimum Gasteiger partial charge on any atom is -0.308 e. The summed E-state index contributed by atoms with van der Waals surface area (Å²) in [6.45, 7) is 5.60. The van der Waals surface area contributed by atoms with Crippen LogP contribution in [-0.4, -0.2) is 39.6 Å². The zero-order valence-corrected chi connectivity index (χ0v) is 14.8. The summed E-state index contributed by atoms with van der Waals surface area (Å²) >= 11 is 0. The number of hydrogen-bond acceptors (Lipinski definition) is 3. The number of imide groups is 1. The maximum Gasteiger partial charge on any atom is 0.262 e. The van der Waals surface area contributed by atoms with E-state index in [0.717, 1.165) is 16.0 Å². The molecule has 5 nitrogen and oxygen atoms in total. The third-order valence-electron chi connectivity index (χ3n) is 5.07. The summed E-state index contributed by atoms with van der Waals surface area (Å²) in [4.78, 5) is 40.8. The van der Waals surface area contributed by atoms with E-state index in [1.165, 1.54) is 11.1 Å². The molecule has 3 amide bonds. The summed E-state index contributed by atoms with van der Waals surface area (Å²) in [7, 11) is 0. The number of amides is 3. The number of fused-ring (bicyclic) bond motifs is 1. The zero-order valence-electron chi connectivity index (χ0n) is 14.8. The predicted molar refractivity (Wildman–Crippen MR) is 102 cm³/mol. The van der Waals surface area contributed by atoms with Gasteiger partial charge in [-0.3, -0.25) is 19.3 Å². The first-order valence-corrected chi connectivity index (χ1v) is 8.69. The van der Waals surface area contributed by atoms with Gasteiger partial charge in [-0.1, -0.05) is 55.1 Å². The SMILES string of the molecule is C=CN1C(=O)[C@H](N2C(=O)c3ccccc3C2=O)[C@@H]1/C(C)=C/c1ccccc1. The monoisotopic (exact) mass is 358 g/mol. The molecule has 4 rings (SSSR count). The number of carbonyl (C=O) groups excluding carboxylic acids is 3. The Morgan fingerprint density at radius 3 is 2.04 bits per heavy atom. The summed E-state index contributed by atoms with van der Waals surface area (Å²) in [5.74, 6) is -1.14. The molecule has 0 N–H and O–H groups in total. The molecule has 0 spiro atoms. The summed E-state index contributed by atoms with van der Waals surface area (Å²) in [6.07, 6.45) is 3.41. The number of carbonyl (C=O) groups is 3. The Hall–Kier alpha value is -3.47. The van der Waals surface area contributed by atoms with Crippen LogP contribution < -0.4 is 0 Å². The van der Waals surface area contributed by atoms with Gasteiger partial charge in [0.05, 0.1) is 17.2 Å². The number of β-lactam (4-membered cyclic amide) rings is 1. The van der Waals surface area contributed by atoms with Crippen molar-refractivity contribution in [1.82, 2.24) is 9.80 Å². The topological polar surface area (TPSA) is 57.7 Å². The van der Waals surface area contributed by atoms with E-state index in [-0.39, 0.29) is 5.91 Å². The van der Waals surface area contributed by atoms with Crippen LogP contribution in [0.25, 0.3) is 6.08 Å². The number of benzene rings is 2. The Morgan fingerprint density at radius 2 is 1.48 bits per heavy atom. The first-order chi connectivity index (χ1) is 13.0. The lowest BCUT2D eigenvalue weighted by Gasteiger charge is -2.48. The smallest absolute Gasteiger partial charge is 0.262 e. The van der Waals surface area contributed by atoms with E-state index >= 15 is 0 Å². The zero-order chi connectivity index (χ0) is 19.1. The first-order valence-electron chi connectivity index (χ1n) is 8.69. The van der Waals surface area contributed by atoms with E-state index in [1.54, 1.807) is 24.3 Å². The maximum absolute atomic E-state index is 12.8. The van der Waals surface area contributed by atoms with Gasteiger partial charge in [-0.15, -0.1) is 0 Å². The lowest BCUT2D eigenvalue weighted by molar-refractivity contribution is -0.147. The highest BCUT2D eigenvalue weighted by atomic mass is 16.2. The van der Waals surface area contributed by atoms with E-state index in [1.807, 2.05) is 43.3 Å². The molecular weight excluding hydrogens is 340 g/mol. The Balaban J connectivity index is 1.71. The fraction of sp³-hybridized carbons (Fsp3) is 0.136. The Morgan fingerprint density at radius 1 is 0.926 bits per heavy atom. The van der Waals surface area contributed by atoms with Gasteiger partial charge in [0.1, 0.15) is 6.04 Å². The average molecular weight is 358 g/mol. The van der Waals surface area contributed by atoms with Gasteiger partial charge in [-0.25, -0.2) is 0 Å². The Bertz CT molecular complexity index is 959. The Labute approximate surface area is 157 Å². The molecule has 27 heavy (non-hydrogen) atoms. The standard InChI is InChI=1S/C22H18N2O3/c1-3-23-18(14(2)13-15-9-5-4-6-10-15)19(22(23)27)24-20(25)16-11-7-8-12-17(16)21(24)26/h3-13,18-19H,1H2,2H3/b14-13+/t18-,19+/m0/s1. The fourth-order valence-electron chi connectivity index (χ4n) is 3.78. The second kappa shape index (κ2) is 6.36. The number of nitrogens with zero attached hydrogens (tertiary/aromatic N) is 2. The first kappa shape index (κ1) is 17.0. The number of rotatable bonds is 4. The van der Waals surface area contributed by atoms with Crippen LogP contribution in [0.1, 0.15) is 33.2 Å². The Kier molecular flexibility index (Phi) is 4.00. The van der Waals surface area contributed by atoms with Crippen LogP contribution in [0.15, 0.2) is 72.9 Å². The van der Waals surface area contributed by atoms with Crippen molar-refractivity contribution in [2.75, 3.05) is 0 Å². The number of hydrogen-bond donors (Lipinski definition) is 0. The van der Waals surface area contributed by atoms with Crippen molar-refractivity contribution < 1.29 is 14.4 Å². The van der Waals surface area contributed by atoms with E-state index in [2.05, 4.69) is 6.58 Å². The van der Waals surface area contributed by atoms with Gasteiger partial charge in [0.25, 0.3) is 17.7 Å². The van der Waals surface area contributed by atoms with Gasteiger partial charge in [0.2, 0.25) is 0 Å². The lowest BCUT2D eigenvalue weighted by Crippen LogP contribution is -2.70. The molecule has 0 saturated carbocycles. The highest BCUT2D eigenvalue weighted by molar-refractivity contribution is 6.23. The minimum atomic E-state index is -0.852. The van der Waals surface area contributed by atoms with Gasteiger partial charge in [-0.05, 0) is 30.2 Å². The van der Waals surface area contributed by atoms with Crippen LogP contribution in [-0.2, 0) is 4.79 Å². The molecule has 2 aliphatic heterocycles. The molecule has 0 aromatic heterocycles.